The van der Waals surface area contributed by atoms with Crippen molar-refractivity contribution >= 4 is 23.4 Å². The fraction of sp³-hybridized carbons (Fsp3) is 0.440. The van der Waals surface area contributed by atoms with Crippen molar-refractivity contribution < 1.29 is 23.5 Å². The Bertz CT molecular complexity index is 1050. The Hall–Kier alpha value is -2.80. The molecule has 178 valence electrons. The summed E-state index contributed by atoms with van der Waals surface area (Å²) in [5, 5.41) is 3.21. The number of carbonyl (C=O) groups excluding carboxylic acids is 2. The average molecular weight is 477 g/mol. The van der Waals surface area contributed by atoms with Crippen molar-refractivity contribution in [3.05, 3.63) is 58.4 Å². The molecule has 0 saturated carbocycles. The summed E-state index contributed by atoms with van der Waals surface area (Å²) in [5.74, 6) is -0.608. The van der Waals surface area contributed by atoms with Gasteiger partial charge in [-0.1, -0.05) is 31.5 Å². The molecule has 2 aromatic rings. The molecule has 1 aliphatic rings. The summed E-state index contributed by atoms with van der Waals surface area (Å²) in [4.78, 5) is 28.6. The number of hydrogen-bond acceptors (Lipinski definition) is 4. The van der Waals surface area contributed by atoms with Crippen molar-refractivity contribution in [2.75, 3.05) is 7.11 Å². The van der Waals surface area contributed by atoms with Gasteiger partial charge in [-0.3, -0.25) is 9.59 Å². The Morgan fingerprint density at radius 1 is 1.24 bits per heavy atom. The van der Waals surface area contributed by atoms with Gasteiger partial charge in [0.1, 0.15) is 23.4 Å². The van der Waals surface area contributed by atoms with Crippen LogP contribution in [-0.4, -0.2) is 35.5 Å². The molecule has 1 N–H and O–H groups in total. The van der Waals surface area contributed by atoms with E-state index in [1.54, 1.807) is 24.3 Å². The Labute approximate surface area is 199 Å². The van der Waals surface area contributed by atoms with Crippen molar-refractivity contribution in [2.24, 2.45) is 5.92 Å². The minimum Gasteiger partial charge on any atom is -0.497 e. The van der Waals surface area contributed by atoms with Gasteiger partial charge in [-0.15, -0.1) is 0 Å². The number of amides is 2. The molecule has 2 amide bonds. The summed E-state index contributed by atoms with van der Waals surface area (Å²) in [6.45, 7) is 9.17. The fourth-order valence-electron chi connectivity index (χ4n) is 3.76. The lowest BCUT2D eigenvalue weighted by Crippen LogP contribution is -2.51. The van der Waals surface area contributed by atoms with Gasteiger partial charge >= 0.3 is 0 Å². The molecule has 0 aromatic heterocycles. The Balaban J connectivity index is 2.18. The number of nitrogens with one attached hydrogen (secondary N) is 1. The van der Waals surface area contributed by atoms with Crippen LogP contribution >= 0.6 is 11.6 Å². The van der Waals surface area contributed by atoms with Gasteiger partial charge < -0.3 is 19.7 Å². The molecule has 6 nitrogen and oxygen atoms in total. The smallest absolute Gasteiger partial charge is 0.265 e. The molecule has 8 heteroatoms. The molecular weight excluding hydrogens is 447 g/mol. The Kier molecular flexibility index (Phi) is 7.22. The Morgan fingerprint density at radius 2 is 1.94 bits per heavy atom. The molecule has 0 fully saturated rings. The third-order valence-corrected chi connectivity index (χ3v) is 5.55. The van der Waals surface area contributed by atoms with Gasteiger partial charge in [0.25, 0.3) is 5.91 Å². The van der Waals surface area contributed by atoms with Gasteiger partial charge in [0.05, 0.1) is 7.11 Å². The highest BCUT2D eigenvalue weighted by molar-refractivity contribution is 6.30. The SMILES string of the molecule is COc1ccc2c(c1)OC(C(C)C)C(=O)N(Cc1ccc(Cl)cc1F)C2C(=O)NC(C)(C)C. The van der Waals surface area contributed by atoms with E-state index in [2.05, 4.69) is 5.32 Å². The molecule has 1 aliphatic heterocycles. The van der Waals surface area contributed by atoms with E-state index in [-0.39, 0.29) is 29.0 Å². The molecular formula is C25H30ClFN2O4. The van der Waals surface area contributed by atoms with Crippen LogP contribution in [-0.2, 0) is 16.1 Å². The highest BCUT2D eigenvalue weighted by Crippen LogP contribution is 2.39. The maximum absolute atomic E-state index is 14.7. The number of fused-ring (bicyclic) bond motifs is 1. The maximum Gasteiger partial charge on any atom is 0.265 e. The van der Waals surface area contributed by atoms with E-state index in [9.17, 15) is 14.0 Å². The maximum atomic E-state index is 14.7. The third kappa shape index (κ3) is 5.58. The van der Waals surface area contributed by atoms with E-state index in [1.807, 2.05) is 34.6 Å². The highest BCUT2D eigenvalue weighted by Gasteiger charge is 2.43. The standard InChI is InChI=1S/C25H30ClFN2O4/c1-14(2)22-24(31)29(13-15-7-8-16(26)11-19(15)27)21(23(30)28-25(3,4)5)18-10-9-17(32-6)12-20(18)33-22/h7-12,14,21-22H,13H2,1-6H3,(H,28,30). The summed E-state index contributed by atoms with van der Waals surface area (Å²) in [6.07, 6.45) is -0.862. The fourth-order valence-corrected chi connectivity index (χ4v) is 3.92. The second-order valence-corrected chi connectivity index (χ2v) is 9.97. The van der Waals surface area contributed by atoms with Crippen LogP contribution in [0.1, 0.15) is 51.8 Å². The van der Waals surface area contributed by atoms with E-state index < -0.39 is 29.4 Å². The molecule has 2 unspecified atom stereocenters. The van der Waals surface area contributed by atoms with Crippen LogP contribution in [0.3, 0.4) is 0 Å². The van der Waals surface area contributed by atoms with E-state index in [0.29, 0.717) is 17.1 Å². The first-order chi connectivity index (χ1) is 15.4. The van der Waals surface area contributed by atoms with E-state index in [4.69, 9.17) is 21.1 Å². The highest BCUT2D eigenvalue weighted by atomic mass is 35.5. The zero-order valence-electron chi connectivity index (χ0n) is 19.7. The van der Waals surface area contributed by atoms with Gasteiger partial charge in [-0.25, -0.2) is 4.39 Å². The van der Waals surface area contributed by atoms with Crippen molar-refractivity contribution in [1.82, 2.24) is 10.2 Å². The van der Waals surface area contributed by atoms with Gasteiger partial charge in [-0.05, 0) is 51.0 Å². The topological polar surface area (TPSA) is 67.9 Å². The van der Waals surface area contributed by atoms with Crippen LogP contribution in [0.15, 0.2) is 36.4 Å². The second kappa shape index (κ2) is 9.59. The first-order valence-corrected chi connectivity index (χ1v) is 11.2. The number of rotatable bonds is 5. The summed E-state index contributed by atoms with van der Waals surface area (Å²) in [7, 11) is 1.53. The van der Waals surface area contributed by atoms with E-state index >= 15 is 0 Å². The Morgan fingerprint density at radius 3 is 2.52 bits per heavy atom. The quantitative estimate of drug-likeness (QED) is 0.667. The predicted octanol–water partition coefficient (Wildman–Crippen LogP) is 4.89. The van der Waals surface area contributed by atoms with Crippen molar-refractivity contribution in [3.8, 4) is 11.5 Å². The van der Waals surface area contributed by atoms with E-state index in [1.165, 1.54) is 24.1 Å². The largest absolute Gasteiger partial charge is 0.497 e. The summed E-state index contributed by atoms with van der Waals surface area (Å²) < 4.78 is 26.2. The lowest BCUT2D eigenvalue weighted by Gasteiger charge is -2.33. The van der Waals surface area contributed by atoms with Gasteiger partial charge in [-0.2, -0.15) is 0 Å². The van der Waals surface area contributed by atoms with Crippen LogP contribution in [0.25, 0.3) is 0 Å². The molecule has 0 saturated heterocycles. The molecule has 1 heterocycles. The molecule has 0 radical (unpaired) electrons. The molecule has 0 aliphatic carbocycles. The lowest BCUT2D eigenvalue weighted by atomic mass is 9.99. The molecule has 33 heavy (non-hydrogen) atoms. The molecule has 0 bridgehead atoms. The summed E-state index contributed by atoms with van der Waals surface area (Å²) in [5.41, 5.74) is 0.207. The van der Waals surface area contributed by atoms with Gasteiger partial charge in [0.15, 0.2) is 6.10 Å². The second-order valence-electron chi connectivity index (χ2n) is 9.53. The number of hydrogen-bond donors (Lipinski definition) is 1. The molecule has 3 rings (SSSR count). The zero-order chi connectivity index (χ0) is 24.5. The number of benzene rings is 2. The number of halogens is 2. The van der Waals surface area contributed by atoms with Gasteiger partial charge in [0.2, 0.25) is 5.91 Å². The van der Waals surface area contributed by atoms with Crippen LogP contribution < -0.4 is 14.8 Å². The van der Waals surface area contributed by atoms with Crippen molar-refractivity contribution in [3.63, 3.8) is 0 Å². The minimum atomic E-state index is -1.03. The summed E-state index contributed by atoms with van der Waals surface area (Å²) in [6, 6.07) is 8.33. The van der Waals surface area contributed by atoms with Crippen molar-refractivity contribution in [1.29, 1.82) is 0 Å². The zero-order valence-corrected chi connectivity index (χ0v) is 20.5. The van der Waals surface area contributed by atoms with Crippen LogP contribution in [0, 0.1) is 11.7 Å². The first-order valence-electron chi connectivity index (χ1n) is 10.8. The number of ether oxygens (including phenoxy) is 2. The lowest BCUT2D eigenvalue weighted by molar-refractivity contribution is -0.147. The monoisotopic (exact) mass is 476 g/mol. The van der Waals surface area contributed by atoms with Crippen LogP contribution in [0.2, 0.25) is 5.02 Å². The van der Waals surface area contributed by atoms with Crippen molar-refractivity contribution in [2.45, 2.75) is 58.8 Å². The third-order valence-electron chi connectivity index (χ3n) is 5.32. The molecule has 2 atom stereocenters. The number of carbonyl (C=O) groups is 2. The van der Waals surface area contributed by atoms with Gasteiger partial charge in [0, 0.05) is 34.3 Å². The van der Waals surface area contributed by atoms with Crippen LogP contribution in [0.5, 0.6) is 11.5 Å². The van der Waals surface area contributed by atoms with E-state index in [0.717, 1.165) is 0 Å². The normalized spacial score (nSPS) is 18.5. The summed E-state index contributed by atoms with van der Waals surface area (Å²) >= 11 is 5.91. The predicted molar refractivity (Wildman–Crippen MR) is 125 cm³/mol. The average Bonchev–Trinajstić information content (AvgIpc) is 2.83. The minimum absolute atomic E-state index is 0.123. The number of nitrogens with zero attached hydrogens (tertiary/aromatic N) is 1. The first kappa shape index (κ1) is 24.8. The van der Waals surface area contributed by atoms with Crippen LogP contribution in [0.4, 0.5) is 4.39 Å². The molecule has 2 aromatic carbocycles. The number of methoxy groups -OCH3 is 1. The molecule has 0 spiro atoms.